The number of carbonyl (C=O) groups excluding carboxylic acids is 1. The van der Waals surface area contributed by atoms with Crippen molar-refractivity contribution in [1.82, 2.24) is 30.4 Å². The number of hydrogen-bond donors (Lipinski definition) is 3. The zero-order valence-electron chi connectivity index (χ0n) is 13.0. The van der Waals surface area contributed by atoms with Gasteiger partial charge < -0.3 is 30.4 Å². The maximum Gasteiger partial charge on any atom is 0.454 e. The van der Waals surface area contributed by atoms with E-state index in [-0.39, 0.29) is 36.8 Å². The van der Waals surface area contributed by atoms with E-state index in [0.29, 0.717) is 10.3 Å². The molecule has 3 heterocycles. The first-order chi connectivity index (χ1) is 12.2. The summed E-state index contributed by atoms with van der Waals surface area (Å²) in [4.78, 5) is 17.8. The van der Waals surface area contributed by atoms with Crippen molar-refractivity contribution < 1.29 is 23.1 Å². The summed E-state index contributed by atoms with van der Waals surface area (Å²) >= 11 is 10.1. The number of H-pyrrole nitrogens is 2. The number of aromatic amines is 2. The van der Waals surface area contributed by atoms with Gasteiger partial charge in [-0.3, -0.25) is 15.0 Å². The van der Waals surface area contributed by atoms with Crippen molar-refractivity contribution in [3.05, 3.63) is 41.1 Å². The standard InChI is InChI=1S/C8H5F3O2S.2C2H3N3S.In/c9-8(10,11)7(13)4-5(12)6-2-1-3-14-6;2*6-2-3-1-4-5-2;/h1-4,12H;2*1H,(H2,3,4,5,6);/p-2/b5-4-;;;. The minimum atomic E-state index is -4.94. The van der Waals surface area contributed by atoms with Gasteiger partial charge in [0.25, 0.3) is 5.78 Å². The largest absolute Gasteiger partial charge is 0.741 e. The normalized spacial score (nSPS) is 10.6. The molecule has 3 N–H and O–H groups in total. The summed E-state index contributed by atoms with van der Waals surface area (Å²) in [6, 6.07) is 2.97. The van der Waals surface area contributed by atoms with Crippen molar-refractivity contribution in [3.63, 3.8) is 0 Å². The average molecular weight is 537 g/mol. The van der Waals surface area contributed by atoms with Gasteiger partial charge in [0.1, 0.15) is 18.4 Å². The van der Waals surface area contributed by atoms with Crippen LogP contribution in [-0.4, -0.2) is 73.3 Å². The summed E-state index contributed by atoms with van der Waals surface area (Å²) in [6.07, 6.45) is -2.01. The smallest absolute Gasteiger partial charge is 0.454 e. The number of ketones is 1. The van der Waals surface area contributed by atoms with Gasteiger partial charge in [-0.1, -0.05) is 6.07 Å². The van der Waals surface area contributed by atoms with Crippen LogP contribution in [-0.2, 0) is 30.1 Å². The number of rotatable bonds is 2. The average Bonchev–Trinajstić information content (AvgIpc) is 3.30. The monoisotopic (exact) mass is 537 g/mol. The van der Waals surface area contributed by atoms with Crippen LogP contribution < -0.4 is 0 Å². The Morgan fingerprint density at radius 1 is 1.15 bits per heavy atom. The molecule has 0 bridgehead atoms. The van der Waals surface area contributed by atoms with Crippen LogP contribution >= 0.6 is 11.3 Å². The molecule has 0 amide bonds. The zero-order valence-corrected chi connectivity index (χ0v) is 18.8. The number of halogens is 3. The number of allylic oxidation sites excluding steroid dienone is 1. The Morgan fingerprint density at radius 3 is 1.93 bits per heavy atom. The van der Waals surface area contributed by atoms with Crippen LogP contribution in [0.1, 0.15) is 4.88 Å². The van der Waals surface area contributed by atoms with E-state index >= 15 is 0 Å². The fourth-order valence-corrected chi connectivity index (χ4v) is 1.93. The van der Waals surface area contributed by atoms with E-state index < -0.39 is 17.7 Å². The molecule has 0 saturated carbocycles. The van der Waals surface area contributed by atoms with E-state index in [1.807, 2.05) is 0 Å². The second kappa shape index (κ2) is 12.6. The number of thiophene rings is 1. The quantitative estimate of drug-likeness (QED) is 0.258. The van der Waals surface area contributed by atoms with Crippen LogP contribution in [0.2, 0.25) is 0 Å². The van der Waals surface area contributed by atoms with Gasteiger partial charge in [-0.25, -0.2) is 9.97 Å². The molecule has 0 aliphatic rings. The summed E-state index contributed by atoms with van der Waals surface area (Å²) in [5.74, 6) is -2.73. The fourth-order valence-electron chi connectivity index (χ4n) is 1.09. The van der Waals surface area contributed by atoms with Crippen LogP contribution in [0.5, 0.6) is 0 Å². The van der Waals surface area contributed by atoms with Gasteiger partial charge in [0.15, 0.2) is 0 Å². The molecule has 0 saturated heterocycles. The number of aliphatic hydroxyl groups excluding tert-OH is 1. The van der Waals surface area contributed by atoms with Crippen molar-refractivity contribution in [1.29, 1.82) is 0 Å². The number of alkyl halides is 3. The molecule has 3 rings (SSSR count). The van der Waals surface area contributed by atoms with E-state index in [4.69, 9.17) is 5.11 Å². The van der Waals surface area contributed by atoms with Crippen molar-refractivity contribution >= 4 is 74.0 Å². The Labute approximate surface area is 184 Å². The van der Waals surface area contributed by atoms with E-state index in [9.17, 15) is 18.0 Å². The SMILES string of the molecule is O=C(/C=C(\O)c1cccs1)C(F)(F)F.[In].[S-]c1ncn[nH]1.[S-]c1ncn[nH]1. The van der Waals surface area contributed by atoms with Crippen LogP contribution in [0.4, 0.5) is 13.2 Å². The molecule has 0 fully saturated rings. The van der Waals surface area contributed by atoms with E-state index in [1.165, 1.54) is 18.7 Å². The molecular weight excluding hydrogens is 528 g/mol. The summed E-state index contributed by atoms with van der Waals surface area (Å²) in [7, 11) is 0. The second-order valence-corrected chi connectivity index (χ2v) is 5.67. The van der Waals surface area contributed by atoms with Gasteiger partial charge in [-0.15, -0.1) is 11.3 Å². The van der Waals surface area contributed by atoms with Crippen molar-refractivity contribution in [2.24, 2.45) is 0 Å². The van der Waals surface area contributed by atoms with Crippen LogP contribution in [0.15, 0.2) is 46.6 Å². The molecule has 0 aliphatic carbocycles. The third-order valence-electron chi connectivity index (χ3n) is 2.11. The summed E-state index contributed by atoms with van der Waals surface area (Å²) in [6.45, 7) is 0. The topological polar surface area (TPSA) is 120 Å². The predicted octanol–water partition coefficient (Wildman–Crippen LogP) is 1.82. The van der Waals surface area contributed by atoms with Crippen LogP contribution in [0, 0.1) is 0 Å². The first kappa shape index (κ1) is 25.3. The molecule has 3 aromatic heterocycles. The van der Waals surface area contributed by atoms with Crippen molar-refractivity contribution in [3.8, 4) is 0 Å². The molecule has 0 atom stereocenters. The zero-order chi connectivity index (χ0) is 19.6. The molecule has 15 heteroatoms. The number of carbonyl (C=O) groups is 1. The number of nitrogens with one attached hydrogen (secondary N) is 2. The predicted molar refractivity (Wildman–Crippen MR) is 95.8 cm³/mol. The first-order valence-electron chi connectivity index (χ1n) is 6.30. The minimum Gasteiger partial charge on any atom is -0.741 e. The van der Waals surface area contributed by atoms with Crippen molar-refractivity contribution in [2.75, 3.05) is 0 Å². The fraction of sp³-hybridized carbons (Fsp3) is 0.0833. The molecule has 3 radical (unpaired) electrons. The number of hydrogen-bond acceptors (Lipinski definition) is 9. The number of nitrogens with zero attached hydrogens (tertiary/aromatic N) is 4. The van der Waals surface area contributed by atoms with Gasteiger partial charge in [-0.05, 0) is 11.4 Å². The third kappa shape index (κ3) is 10.9. The van der Waals surface area contributed by atoms with E-state index in [2.05, 4.69) is 55.6 Å². The molecule has 3 aromatic rings. The molecule has 0 unspecified atom stereocenters. The maximum absolute atomic E-state index is 11.7. The Balaban J connectivity index is 0.000000429. The molecule has 0 aliphatic heterocycles. The molecule has 8 nitrogen and oxygen atoms in total. The van der Waals surface area contributed by atoms with E-state index in [0.717, 1.165) is 11.3 Å². The van der Waals surface area contributed by atoms with Gasteiger partial charge in [0.05, 0.1) is 4.88 Å². The van der Waals surface area contributed by atoms with Gasteiger partial charge in [0, 0.05) is 42.2 Å². The van der Waals surface area contributed by atoms with Crippen LogP contribution in [0.25, 0.3) is 5.76 Å². The maximum atomic E-state index is 11.7. The van der Waals surface area contributed by atoms with Crippen LogP contribution in [0.3, 0.4) is 0 Å². The Kier molecular flexibility index (Phi) is 11.8. The third-order valence-corrected chi connectivity index (χ3v) is 3.39. The second-order valence-electron chi connectivity index (χ2n) is 3.95. The summed E-state index contributed by atoms with van der Waals surface area (Å²) in [5.41, 5.74) is 0. The molecule has 0 aromatic carbocycles. The minimum absolute atomic E-state index is 0. The molecule has 143 valence electrons. The van der Waals surface area contributed by atoms with Gasteiger partial charge >= 0.3 is 6.18 Å². The molecule has 27 heavy (non-hydrogen) atoms. The summed E-state index contributed by atoms with van der Waals surface area (Å²) in [5, 5.41) is 23.4. The molecule has 0 spiro atoms. The summed E-state index contributed by atoms with van der Waals surface area (Å²) < 4.78 is 35.2. The first-order valence-corrected chi connectivity index (χ1v) is 8.00. The Hall–Kier alpha value is -1.71. The number of aromatic nitrogens is 6. The number of aliphatic hydroxyl groups is 1. The van der Waals surface area contributed by atoms with E-state index in [1.54, 1.807) is 11.4 Å². The molecular formula is C12H9F3InN6O2S3-2. The van der Waals surface area contributed by atoms with Crippen molar-refractivity contribution in [2.45, 2.75) is 16.5 Å². The Morgan fingerprint density at radius 2 is 1.67 bits per heavy atom. The van der Waals surface area contributed by atoms with Gasteiger partial charge in [0.2, 0.25) is 0 Å². The van der Waals surface area contributed by atoms with Gasteiger partial charge in [-0.2, -0.15) is 23.4 Å². The Bertz CT molecular complexity index is 763.